The first-order valence-corrected chi connectivity index (χ1v) is 7.20. The van der Waals surface area contributed by atoms with Crippen molar-refractivity contribution in [2.45, 2.75) is 17.4 Å². The number of benzene rings is 1. The first-order chi connectivity index (χ1) is 8.19. The lowest BCUT2D eigenvalue weighted by Gasteiger charge is -2.21. The van der Waals surface area contributed by atoms with E-state index in [9.17, 15) is 13.5 Å². The van der Waals surface area contributed by atoms with Crippen LogP contribution in [0.2, 0.25) is 10.0 Å². The molecule has 0 amide bonds. The highest BCUT2D eigenvalue weighted by Crippen LogP contribution is 2.28. The van der Waals surface area contributed by atoms with Crippen molar-refractivity contribution in [2.24, 2.45) is 0 Å². The van der Waals surface area contributed by atoms with Crippen LogP contribution >= 0.6 is 23.2 Å². The largest absolute Gasteiger partial charge is 0.393 e. The molecule has 102 valence electrons. The lowest BCUT2D eigenvalue weighted by atomic mass is 10.1. The monoisotopic (exact) mass is 313 g/mol. The second kappa shape index (κ2) is 5.73. The van der Waals surface area contributed by atoms with Crippen LogP contribution in [-0.4, -0.2) is 37.4 Å². The Hall–Kier alpha value is -0.370. The summed E-state index contributed by atoms with van der Waals surface area (Å²) in [4.78, 5) is -0.248. The number of hydrogen-bond donors (Lipinski definition) is 3. The van der Waals surface area contributed by atoms with Gasteiger partial charge >= 0.3 is 0 Å². The van der Waals surface area contributed by atoms with Gasteiger partial charge in [0.25, 0.3) is 0 Å². The minimum absolute atomic E-state index is 0.0151. The van der Waals surface area contributed by atoms with E-state index in [1.54, 1.807) is 0 Å². The van der Waals surface area contributed by atoms with Gasteiger partial charge in [0.2, 0.25) is 10.0 Å². The van der Waals surface area contributed by atoms with Crippen molar-refractivity contribution >= 4 is 33.2 Å². The SMILES string of the molecule is CC(O)(CO)CNS(=O)(=O)c1c(Cl)cccc1Cl. The van der Waals surface area contributed by atoms with Gasteiger partial charge in [-0.05, 0) is 19.1 Å². The Morgan fingerprint density at radius 1 is 1.33 bits per heavy atom. The molecule has 0 bridgehead atoms. The van der Waals surface area contributed by atoms with Crippen molar-refractivity contribution < 1.29 is 18.6 Å². The Kier molecular flexibility index (Phi) is 4.99. The first kappa shape index (κ1) is 15.7. The molecule has 5 nitrogen and oxygen atoms in total. The molecule has 1 rings (SSSR count). The van der Waals surface area contributed by atoms with Crippen LogP contribution in [0.4, 0.5) is 0 Å². The van der Waals surface area contributed by atoms with Gasteiger partial charge in [-0.2, -0.15) is 0 Å². The van der Waals surface area contributed by atoms with Gasteiger partial charge in [-0.25, -0.2) is 13.1 Å². The number of aliphatic hydroxyl groups excluding tert-OH is 1. The van der Waals surface area contributed by atoms with Crippen molar-refractivity contribution in [3.05, 3.63) is 28.2 Å². The van der Waals surface area contributed by atoms with Gasteiger partial charge in [-0.3, -0.25) is 0 Å². The molecule has 1 aromatic rings. The molecule has 0 aromatic heterocycles. The van der Waals surface area contributed by atoms with Gasteiger partial charge in [-0.1, -0.05) is 29.3 Å². The standard InChI is InChI=1S/C10H13Cl2NO4S/c1-10(15,6-14)5-13-18(16,17)9-7(11)3-2-4-8(9)12/h2-4,13-15H,5-6H2,1H3. The summed E-state index contributed by atoms with van der Waals surface area (Å²) in [7, 11) is -3.95. The molecular formula is C10H13Cl2NO4S. The Labute approximate surface area is 115 Å². The van der Waals surface area contributed by atoms with E-state index in [1.807, 2.05) is 0 Å². The van der Waals surface area contributed by atoms with Crippen LogP contribution in [0.25, 0.3) is 0 Å². The number of nitrogens with one attached hydrogen (secondary N) is 1. The van der Waals surface area contributed by atoms with Crippen LogP contribution in [-0.2, 0) is 10.0 Å². The molecule has 0 saturated heterocycles. The molecule has 1 atom stereocenters. The third-order valence-electron chi connectivity index (χ3n) is 2.17. The maximum absolute atomic E-state index is 12.0. The maximum atomic E-state index is 12.0. The van der Waals surface area contributed by atoms with E-state index < -0.39 is 22.2 Å². The topological polar surface area (TPSA) is 86.6 Å². The van der Waals surface area contributed by atoms with E-state index in [-0.39, 0.29) is 21.5 Å². The van der Waals surface area contributed by atoms with Crippen molar-refractivity contribution in [2.75, 3.05) is 13.2 Å². The summed E-state index contributed by atoms with van der Waals surface area (Å²) >= 11 is 11.6. The maximum Gasteiger partial charge on any atom is 0.243 e. The molecule has 0 aliphatic heterocycles. The van der Waals surface area contributed by atoms with Gasteiger partial charge in [0.05, 0.1) is 22.3 Å². The zero-order chi connectivity index (χ0) is 14.0. The minimum Gasteiger partial charge on any atom is -0.393 e. The third-order valence-corrected chi connectivity index (χ3v) is 4.53. The summed E-state index contributed by atoms with van der Waals surface area (Å²) < 4.78 is 26.1. The van der Waals surface area contributed by atoms with Crippen molar-refractivity contribution in [1.29, 1.82) is 0 Å². The van der Waals surface area contributed by atoms with Gasteiger partial charge in [0.1, 0.15) is 4.90 Å². The summed E-state index contributed by atoms with van der Waals surface area (Å²) in [6.07, 6.45) is 0. The number of hydrogen-bond acceptors (Lipinski definition) is 4. The molecule has 1 aromatic carbocycles. The van der Waals surface area contributed by atoms with E-state index in [0.29, 0.717) is 0 Å². The normalized spacial score (nSPS) is 15.4. The summed E-state index contributed by atoms with van der Waals surface area (Å²) in [5.41, 5.74) is -1.55. The Morgan fingerprint density at radius 3 is 2.28 bits per heavy atom. The quantitative estimate of drug-likeness (QED) is 0.757. The highest BCUT2D eigenvalue weighted by Gasteiger charge is 2.26. The molecule has 1 unspecified atom stereocenters. The smallest absolute Gasteiger partial charge is 0.243 e. The van der Waals surface area contributed by atoms with E-state index in [0.717, 1.165) is 0 Å². The molecule has 0 radical (unpaired) electrons. The second-order valence-electron chi connectivity index (χ2n) is 4.03. The average molecular weight is 314 g/mol. The highest BCUT2D eigenvalue weighted by atomic mass is 35.5. The fourth-order valence-electron chi connectivity index (χ4n) is 1.12. The predicted octanol–water partition coefficient (Wildman–Crippen LogP) is 1.02. The lowest BCUT2D eigenvalue weighted by molar-refractivity contribution is 0.00681. The van der Waals surface area contributed by atoms with Crippen LogP contribution in [0.5, 0.6) is 0 Å². The van der Waals surface area contributed by atoms with Crippen LogP contribution in [0.15, 0.2) is 23.1 Å². The van der Waals surface area contributed by atoms with Gasteiger partial charge in [0, 0.05) is 6.54 Å². The summed E-state index contributed by atoms with van der Waals surface area (Å²) in [6.45, 7) is 0.364. The van der Waals surface area contributed by atoms with E-state index in [1.165, 1.54) is 25.1 Å². The second-order valence-corrected chi connectivity index (χ2v) is 6.55. The zero-order valence-corrected chi connectivity index (χ0v) is 11.8. The van der Waals surface area contributed by atoms with Crippen LogP contribution in [0, 0.1) is 0 Å². The van der Waals surface area contributed by atoms with E-state index in [4.69, 9.17) is 28.3 Å². The Morgan fingerprint density at radius 2 is 1.83 bits per heavy atom. The summed E-state index contributed by atoms with van der Waals surface area (Å²) in [6, 6.07) is 4.31. The highest BCUT2D eigenvalue weighted by molar-refractivity contribution is 7.89. The minimum atomic E-state index is -3.95. The van der Waals surface area contributed by atoms with Crippen molar-refractivity contribution in [3.63, 3.8) is 0 Å². The number of aliphatic hydroxyl groups is 2. The molecule has 0 saturated carbocycles. The summed E-state index contributed by atoms with van der Waals surface area (Å²) in [5, 5.41) is 18.3. The van der Waals surface area contributed by atoms with Crippen molar-refractivity contribution in [3.8, 4) is 0 Å². The first-order valence-electron chi connectivity index (χ1n) is 4.96. The fraction of sp³-hybridized carbons (Fsp3) is 0.400. The van der Waals surface area contributed by atoms with Crippen LogP contribution in [0.1, 0.15) is 6.92 Å². The van der Waals surface area contributed by atoms with Gasteiger partial charge in [0.15, 0.2) is 0 Å². The lowest BCUT2D eigenvalue weighted by Crippen LogP contribution is -2.43. The fourth-order valence-corrected chi connectivity index (χ4v) is 3.42. The molecule has 8 heteroatoms. The van der Waals surface area contributed by atoms with Gasteiger partial charge < -0.3 is 10.2 Å². The molecular weight excluding hydrogens is 301 g/mol. The van der Waals surface area contributed by atoms with Crippen molar-refractivity contribution in [1.82, 2.24) is 4.72 Å². The van der Waals surface area contributed by atoms with E-state index >= 15 is 0 Å². The molecule has 0 fully saturated rings. The number of rotatable bonds is 5. The molecule has 0 aliphatic carbocycles. The third kappa shape index (κ3) is 3.81. The molecule has 0 aliphatic rings. The average Bonchev–Trinajstić information content (AvgIpc) is 2.26. The molecule has 0 heterocycles. The molecule has 3 N–H and O–H groups in total. The Bertz CT molecular complexity index is 510. The Balaban J connectivity index is 3.01. The van der Waals surface area contributed by atoms with Crippen LogP contribution in [0.3, 0.4) is 0 Å². The van der Waals surface area contributed by atoms with E-state index in [2.05, 4.69) is 4.72 Å². The molecule has 0 spiro atoms. The number of sulfonamides is 1. The van der Waals surface area contributed by atoms with Crippen LogP contribution < -0.4 is 4.72 Å². The molecule has 18 heavy (non-hydrogen) atoms. The number of halogens is 2. The predicted molar refractivity (Wildman–Crippen MR) is 69.4 cm³/mol. The summed E-state index contributed by atoms with van der Waals surface area (Å²) in [5.74, 6) is 0. The van der Waals surface area contributed by atoms with Gasteiger partial charge in [-0.15, -0.1) is 0 Å². The zero-order valence-electron chi connectivity index (χ0n) is 9.52.